The largest absolute Gasteiger partial charge is 0.348 e. The van der Waals surface area contributed by atoms with E-state index in [1.54, 1.807) is 12.4 Å². The van der Waals surface area contributed by atoms with Gasteiger partial charge in [0.25, 0.3) is 5.91 Å². The van der Waals surface area contributed by atoms with Gasteiger partial charge in [0.1, 0.15) is 0 Å². The van der Waals surface area contributed by atoms with Crippen LogP contribution in [-0.4, -0.2) is 29.0 Å². The van der Waals surface area contributed by atoms with Crippen LogP contribution in [0.15, 0.2) is 36.7 Å². The Kier molecular flexibility index (Phi) is 5.47. The summed E-state index contributed by atoms with van der Waals surface area (Å²) in [7, 11) is 0. The smallest absolute Gasteiger partial charge is 0.254 e. The molecule has 1 heterocycles. The molecule has 0 saturated heterocycles. The first-order valence-electron chi connectivity index (χ1n) is 7.55. The molecule has 1 N–H and O–H groups in total. The lowest BCUT2D eigenvalue weighted by Crippen LogP contribution is -2.26. The van der Waals surface area contributed by atoms with Crippen molar-refractivity contribution in [1.82, 2.24) is 15.3 Å². The van der Waals surface area contributed by atoms with Crippen LogP contribution in [0.2, 0.25) is 0 Å². The van der Waals surface area contributed by atoms with Crippen molar-refractivity contribution in [2.75, 3.05) is 18.0 Å². The molecule has 0 radical (unpaired) electrons. The quantitative estimate of drug-likeness (QED) is 0.890. The van der Waals surface area contributed by atoms with E-state index < -0.39 is 0 Å². The van der Waals surface area contributed by atoms with E-state index in [9.17, 15) is 4.79 Å². The van der Waals surface area contributed by atoms with Crippen LogP contribution in [-0.2, 0) is 6.54 Å². The molecule has 0 bridgehead atoms. The third-order valence-electron chi connectivity index (χ3n) is 3.65. The fourth-order valence-corrected chi connectivity index (χ4v) is 2.19. The van der Waals surface area contributed by atoms with E-state index in [0.717, 1.165) is 24.2 Å². The zero-order valence-electron chi connectivity index (χ0n) is 13.3. The van der Waals surface area contributed by atoms with Gasteiger partial charge in [0, 0.05) is 32.0 Å². The first kappa shape index (κ1) is 15.9. The normalized spacial score (nSPS) is 10.3. The number of nitrogens with one attached hydrogen (secondary N) is 1. The van der Waals surface area contributed by atoms with E-state index >= 15 is 0 Å². The summed E-state index contributed by atoms with van der Waals surface area (Å²) in [5, 5.41) is 2.90. The van der Waals surface area contributed by atoms with Gasteiger partial charge in [0.05, 0.1) is 5.56 Å². The topological polar surface area (TPSA) is 58.1 Å². The molecule has 0 aliphatic carbocycles. The molecule has 0 saturated carbocycles. The summed E-state index contributed by atoms with van der Waals surface area (Å²) in [6.45, 7) is 8.32. The maximum absolute atomic E-state index is 12.1. The van der Waals surface area contributed by atoms with Crippen LogP contribution in [0.25, 0.3) is 0 Å². The highest BCUT2D eigenvalue weighted by Gasteiger charge is 2.09. The summed E-state index contributed by atoms with van der Waals surface area (Å²) >= 11 is 0. The average Bonchev–Trinajstić information content (AvgIpc) is 2.55. The molecule has 0 aliphatic heterocycles. The van der Waals surface area contributed by atoms with Gasteiger partial charge < -0.3 is 10.2 Å². The maximum Gasteiger partial charge on any atom is 0.254 e. The zero-order valence-corrected chi connectivity index (χ0v) is 13.3. The van der Waals surface area contributed by atoms with E-state index in [1.165, 1.54) is 0 Å². The van der Waals surface area contributed by atoms with Gasteiger partial charge in [-0.15, -0.1) is 0 Å². The van der Waals surface area contributed by atoms with Crippen LogP contribution in [0, 0.1) is 6.92 Å². The summed E-state index contributed by atoms with van der Waals surface area (Å²) < 4.78 is 0. The summed E-state index contributed by atoms with van der Waals surface area (Å²) in [4.78, 5) is 22.7. The second kappa shape index (κ2) is 7.54. The van der Waals surface area contributed by atoms with Gasteiger partial charge in [-0.1, -0.05) is 24.3 Å². The summed E-state index contributed by atoms with van der Waals surface area (Å²) in [6.07, 6.45) is 3.15. The number of rotatable bonds is 6. The minimum absolute atomic E-state index is 0.158. The highest BCUT2D eigenvalue weighted by Crippen LogP contribution is 2.08. The van der Waals surface area contributed by atoms with Crippen LogP contribution in [0.1, 0.15) is 35.3 Å². The summed E-state index contributed by atoms with van der Waals surface area (Å²) in [5.41, 5.74) is 2.75. The first-order valence-corrected chi connectivity index (χ1v) is 7.55. The van der Waals surface area contributed by atoms with E-state index in [4.69, 9.17) is 0 Å². The molecule has 5 nitrogen and oxygen atoms in total. The molecule has 116 valence electrons. The molecule has 2 rings (SSSR count). The van der Waals surface area contributed by atoms with E-state index in [1.807, 2.05) is 36.1 Å². The van der Waals surface area contributed by atoms with Crippen LogP contribution in [0.4, 0.5) is 5.95 Å². The Bertz CT molecular complexity index is 621. The van der Waals surface area contributed by atoms with Crippen LogP contribution < -0.4 is 10.2 Å². The van der Waals surface area contributed by atoms with Gasteiger partial charge in [-0.3, -0.25) is 4.79 Å². The number of hydrogen-bond donors (Lipinski definition) is 1. The van der Waals surface area contributed by atoms with Crippen LogP contribution in [0.5, 0.6) is 0 Å². The number of nitrogens with zero attached hydrogens (tertiary/aromatic N) is 3. The van der Waals surface area contributed by atoms with Crippen molar-refractivity contribution in [3.05, 3.63) is 53.3 Å². The molecular formula is C17H22N4O. The van der Waals surface area contributed by atoms with Gasteiger partial charge in [0.2, 0.25) is 5.95 Å². The number of carbonyl (C=O) groups excluding carboxylic acids is 1. The van der Waals surface area contributed by atoms with E-state index in [0.29, 0.717) is 18.1 Å². The lowest BCUT2D eigenvalue weighted by molar-refractivity contribution is 0.0950. The molecular weight excluding hydrogens is 276 g/mol. The van der Waals surface area contributed by atoms with Gasteiger partial charge in [0.15, 0.2) is 0 Å². The first-order chi connectivity index (χ1) is 10.7. The van der Waals surface area contributed by atoms with E-state index in [-0.39, 0.29) is 5.91 Å². The minimum atomic E-state index is -0.158. The zero-order chi connectivity index (χ0) is 15.9. The second-order valence-corrected chi connectivity index (χ2v) is 5.05. The van der Waals surface area contributed by atoms with Crippen molar-refractivity contribution in [2.24, 2.45) is 0 Å². The number of benzene rings is 1. The summed E-state index contributed by atoms with van der Waals surface area (Å²) in [6, 6.07) is 8.00. The number of aromatic nitrogens is 2. The lowest BCUT2D eigenvalue weighted by atomic mass is 10.1. The van der Waals surface area contributed by atoms with Gasteiger partial charge >= 0.3 is 0 Å². The maximum atomic E-state index is 12.1. The SMILES string of the molecule is CCN(CC)c1ncc(C(=O)NCc2ccccc2C)cn1. The molecule has 5 heteroatoms. The molecule has 22 heavy (non-hydrogen) atoms. The van der Waals surface area contributed by atoms with Gasteiger partial charge in [-0.2, -0.15) is 0 Å². The third-order valence-corrected chi connectivity index (χ3v) is 3.65. The molecule has 1 aromatic heterocycles. The van der Waals surface area contributed by atoms with E-state index in [2.05, 4.69) is 29.1 Å². The molecule has 1 aromatic carbocycles. The van der Waals surface area contributed by atoms with Gasteiger partial charge in [-0.25, -0.2) is 9.97 Å². The fourth-order valence-electron chi connectivity index (χ4n) is 2.19. The van der Waals surface area contributed by atoms with Crippen LogP contribution >= 0.6 is 0 Å². The Morgan fingerprint density at radius 1 is 1.14 bits per heavy atom. The Labute approximate surface area is 131 Å². The monoisotopic (exact) mass is 298 g/mol. The molecule has 0 atom stereocenters. The number of aryl methyl sites for hydroxylation is 1. The van der Waals surface area contributed by atoms with Crippen molar-refractivity contribution in [2.45, 2.75) is 27.3 Å². The Morgan fingerprint density at radius 3 is 2.36 bits per heavy atom. The fraction of sp³-hybridized carbons (Fsp3) is 0.353. The average molecular weight is 298 g/mol. The standard InChI is InChI=1S/C17H22N4O/c1-4-21(5-2)17-19-11-15(12-20-17)16(22)18-10-14-9-7-6-8-13(14)3/h6-9,11-12H,4-5,10H2,1-3H3,(H,18,22). The molecule has 1 amide bonds. The molecule has 0 unspecified atom stereocenters. The number of carbonyl (C=O) groups is 1. The predicted octanol–water partition coefficient (Wildman–Crippen LogP) is 2.56. The van der Waals surface area contributed by atoms with Crippen molar-refractivity contribution in [3.8, 4) is 0 Å². The second-order valence-electron chi connectivity index (χ2n) is 5.05. The van der Waals surface area contributed by atoms with Gasteiger partial charge in [-0.05, 0) is 31.9 Å². The Balaban J connectivity index is 2.00. The van der Waals surface area contributed by atoms with Crippen molar-refractivity contribution >= 4 is 11.9 Å². The van der Waals surface area contributed by atoms with Crippen molar-refractivity contribution in [1.29, 1.82) is 0 Å². The number of amides is 1. The molecule has 2 aromatic rings. The summed E-state index contributed by atoms with van der Waals surface area (Å²) in [5.74, 6) is 0.495. The Hall–Kier alpha value is -2.43. The number of hydrogen-bond acceptors (Lipinski definition) is 4. The van der Waals surface area contributed by atoms with Crippen molar-refractivity contribution < 1.29 is 4.79 Å². The highest BCUT2D eigenvalue weighted by molar-refractivity contribution is 5.93. The molecule has 0 aliphatic rings. The minimum Gasteiger partial charge on any atom is -0.348 e. The van der Waals surface area contributed by atoms with Crippen LogP contribution in [0.3, 0.4) is 0 Å². The number of anilines is 1. The lowest BCUT2D eigenvalue weighted by Gasteiger charge is -2.18. The van der Waals surface area contributed by atoms with Crippen molar-refractivity contribution in [3.63, 3.8) is 0 Å². The molecule has 0 spiro atoms. The third kappa shape index (κ3) is 3.81. The Morgan fingerprint density at radius 2 is 1.77 bits per heavy atom. The molecule has 0 fully saturated rings. The predicted molar refractivity (Wildman–Crippen MR) is 87.9 cm³/mol. The highest BCUT2D eigenvalue weighted by atomic mass is 16.1.